The largest absolute Gasteiger partial charge is 0.421 e. The van der Waals surface area contributed by atoms with E-state index < -0.39 is 0 Å². The molecular formula is C19H19N5O3S2. The molecule has 150 valence electrons. The molecule has 10 heteroatoms. The zero-order valence-corrected chi connectivity index (χ0v) is 17.4. The smallest absolute Gasteiger partial charge is 0.268 e. The number of hydrogen-bond acceptors (Lipinski definition) is 8. The first-order chi connectivity index (χ1) is 14.1. The number of aromatic nitrogens is 4. The zero-order chi connectivity index (χ0) is 20.2. The van der Waals surface area contributed by atoms with Crippen molar-refractivity contribution in [1.82, 2.24) is 25.1 Å². The summed E-state index contributed by atoms with van der Waals surface area (Å²) in [5.41, 5.74) is 1.37. The molecule has 0 bridgehead atoms. The Morgan fingerprint density at radius 2 is 2.17 bits per heavy atom. The molecule has 4 aromatic rings. The lowest BCUT2D eigenvalue weighted by atomic mass is 10.2. The maximum Gasteiger partial charge on any atom is 0.268 e. The molecule has 4 aromatic heterocycles. The van der Waals surface area contributed by atoms with Crippen molar-refractivity contribution in [2.24, 2.45) is 0 Å². The summed E-state index contributed by atoms with van der Waals surface area (Å²) in [6, 6.07) is 3.72. The lowest BCUT2D eigenvalue weighted by molar-refractivity contribution is -0.132. The zero-order valence-electron chi connectivity index (χ0n) is 15.8. The summed E-state index contributed by atoms with van der Waals surface area (Å²) >= 11 is 2.91. The fourth-order valence-corrected chi connectivity index (χ4v) is 4.32. The molecule has 1 amide bonds. The molecule has 0 aliphatic carbocycles. The lowest BCUT2D eigenvalue weighted by Crippen LogP contribution is -2.33. The number of nitrogens with one attached hydrogen (secondary N) is 1. The molecule has 0 radical (unpaired) electrons. The second-order valence-corrected chi connectivity index (χ2v) is 8.17. The number of amides is 1. The first kappa shape index (κ1) is 19.5. The van der Waals surface area contributed by atoms with Crippen LogP contribution in [0.2, 0.25) is 0 Å². The molecule has 0 aliphatic rings. The van der Waals surface area contributed by atoms with E-state index in [0.717, 1.165) is 12.0 Å². The monoisotopic (exact) mass is 429 g/mol. The summed E-state index contributed by atoms with van der Waals surface area (Å²) < 4.78 is 6.24. The highest BCUT2D eigenvalue weighted by Crippen LogP contribution is 2.21. The van der Waals surface area contributed by atoms with E-state index in [9.17, 15) is 9.59 Å². The van der Waals surface area contributed by atoms with Crippen LogP contribution in [0.25, 0.3) is 21.7 Å². The maximum absolute atomic E-state index is 12.8. The molecule has 0 atom stereocenters. The molecule has 0 aromatic carbocycles. The number of hydrogen-bond donors (Lipinski definition) is 1. The number of carbonyl (C=O) groups excluding carboxylic acids is 1. The molecule has 4 heterocycles. The summed E-state index contributed by atoms with van der Waals surface area (Å²) in [6.07, 6.45) is 1.42. The van der Waals surface area contributed by atoms with Crippen LogP contribution in [0.15, 0.2) is 37.5 Å². The van der Waals surface area contributed by atoms with Crippen LogP contribution >= 0.6 is 22.7 Å². The first-order valence-electron chi connectivity index (χ1n) is 9.23. The van der Waals surface area contributed by atoms with E-state index in [1.165, 1.54) is 11.3 Å². The molecule has 29 heavy (non-hydrogen) atoms. The molecule has 0 aliphatic heterocycles. The van der Waals surface area contributed by atoms with E-state index in [0.29, 0.717) is 40.8 Å². The first-order valence-corrected chi connectivity index (χ1v) is 11.1. The Kier molecular flexibility index (Phi) is 5.81. The molecule has 4 rings (SSSR count). The average Bonchev–Trinajstić information content (AvgIpc) is 3.46. The van der Waals surface area contributed by atoms with Crippen LogP contribution in [0.4, 0.5) is 0 Å². The van der Waals surface area contributed by atoms with Gasteiger partial charge in [0, 0.05) is 30.3 Å². The Morgan fingerprint density at radius 3 is 2.97 bits per heavy atom. The van der Waals surface area contributed by atoms with Crippen molar-refractivity contribution >= 4 is 38.8 Å². The Balaban J connectivity index is 1.42. The molecule has 0 saturated heterocycles. The van der Waals surface area contributed by atoms with Crippen molar-refractivity contribution in [1.29, 1.82) is 0 Å². The number of nitrogens with zero attached hydrogens (tertiary/aromatic N) is 4. The van der Waals surface area contributed by atoms with Gasteiger partial charge in [0.1, 0.15) is 10.5 Å². The number of carbonyl (C=O) groups is 1. The number of aryl methyl sites for hydroxylation is 1. The highest BCUT2D eigenvalue weighted by Gasteiger charge is 2.17. The summed E-state index contributed by atoms with van der Waals surface area (Å²) in [5, 5.41) is 13.8. The van der Waals surface area contributed by atoms with Crippen molar-refractivity contribution in [3.05, 3.63) is 50.3 Å². The van der Waals surface area contributed by atoms with Crippen LogP contribution in [0, 0.1) is 0 Å². The third-order valence-corrected chi connectivity index (χ3v) is 5.92. The quantitative estimate of drug-likeness (QED) is 0.460. The normalized spacial score (nSPS) is 11.2. The second-order valence-electron chi connectivity index (χ2n) is 6.48. The predicted octanol–water partition coefficient (Wildman–Crippen LogP) is 3.47. The van der Waals surface area contributed by atoms with Gasteiger partial charge in [-0.25, -0.2) is 4.98 Å². The van der Waals surface area contributed by atoms with Gasteiger partial charge in [0.2, 0.25) is 17.7 Å². The van der Waals surface area contributed by atoms with Crippen molar-refractivity contribution in [3.8, 4) is 11.5 Å². The van der Waals surface area contributed by atoms with Crippen LogP contribution in [0.5, 0.6) is 0 Å². The number of aromatic amines is 1. The molecule has 0 saturated carbocycles. The fraction of sp³-hybridized carbons (Fsp3) is 0.316. The van der Waals surface area contributed by atoms with Crippen LogP contribution in [-0.2, 0) is 17.8 Å². The molecule has 8 nitrogen and oxygen atoms in total. The molecule has 1 N–H and O–H groups in total. The Hall–Kier alpha value is -2.85. The van der Waals surface area contributed by atoms with Gasteiger partial charge < -0.3 is 14.3 Å². The molecule has 0 spiro atoms. The number of rotatable bonds is 8. The SMILES string of the molecule is CCCN(Cc1nc2ccsc2c(=O)[nH]1)C(=O)CCc1nnc(-c2ccsc2)o1. The van der Waals surface area contributed by atoms with Crippen LogP contribution in [0.1, 0.15) is 31.5 Å². The molecular weight excluding hydrogens is 410 g/mol. The third kappa shape index (κ3) is 4.43. The molecule has 0 unspecified atom stereocenters. The van der Waals surface area contributed by atoms with Crippen molar-refractivity contribution in [3.63, 3.8) is 0 Å². The Bertz CT molecular complexity index is 1160. The van der Waals surface area contributed by atoms with Gasteiger partial charge in [-0.15, -0.1) is 21.5 Å². The van der Waals surface area contributed by atoms with E-state index in [1.807, 2.05) is 35.2 Å². The summed E-state index contributed by atoms with van der Waals surface area (Å²) in [5.74, 6) is 1.34. The number of H-pyrrole nitrogens is 1. The summed E-state index contributed by atoms with van der Waals surface area (Å²) in [4.78, 5) is 33.9. The van der Waals surface area contributed by atoms with Gasteiger partial charge in [-0.3, -0.25) is 9.59 Å². The molecule has 0 fully saturated rings. The minimum absolute atomic E-state index is 0.0461. The van der Waals surface area contributed by atoms with E-state index in [4.69, 9.17) is 4.42 Å². The summed E-state index contributed by atoms with van der Waals surface area (Å²) in [7, 11) is 0. The average molecular weight is 430 g/mol. The van der Waals surface area contributed by atoms with Gasteiger partial charge in [-0.2, -0.15) is 11.3 Å². The van der Waals surface area contributed by atoms with Gasteiger partial charge in [0.25, 0.3) is 5.56 Å². The van der Waals surface area contributed by atoms with Crippen LogP contribution < -0.4 is 5.56 Å². The predicted molar refractivity (Wildman–Crippen MR) is 112 cm³/mol. The van der Waals surface area contributed by atoms with Crippen molar-refractivity contribution in [2.45, 2.75) is 32.7 Å². The number of fused-ring (bicyclic) bond motifs is 1. The second kappa shape index (κ2) is 8.66. The minimum Gasteiger partial charge on any atom is -0.421 e. The lowest BCUT2D eigenvalue weighted by Gasteiger charge is -2.21. The summed E-state index contributed by atoms with van der Waals surface area (Å²) in [6.45, 7) is 2.84. The topological polar surface area (TPSA) is 105 Å². The van der Waals surface area contributed by atoms with Gasteiger partial charge in [0.15, 0.2) is 0 Å². The maximum atomic E-state index is 12.8. The van der Waals surface area contributed by atoms with Gasteiger partial charge in [-0.05, 0) is 29.3 Å². The Labute approximate surface area is 174 Å². The van der Waals surface area contributed by atoms with Crippen LogP contribution in [0.3, 0.4) is 0 Å². The highest BCUT2D eigenvalue weighted by molar-refractivity contribution is 7.17. The van der Waals surface area contributed by atoms with Gasteiger partial charge in [0.05, 0.1) is 12.1 Å². The van der Waals surface area contributed by atoms with Crippen LogP contribution in [-0.4, -0.2) is 37.5 Å². The van der Waals surface area contributed by atoms with Gasteiger partial charge in [-0.1, -0.05) is 6.92 Å². The van der Waals surface area contributed by atoms with Gasteiger partial charge >= 0.3 is 0 Å². The minimum atomic E-state index is -0.171. The van der Waals surface area contributed by atoms with E-state index in [-0.39, 0.29) is 24.4 Å². The fourth-order valence-electron chi connectivity index (χ4n) is 2.97. The third-order valence-electron chi connectivity index (χ3n) is 4.34. The van der Waals surface area contributed by atoms with Crippen molar-refractivity contribution in [2.75, 3.05) is 6.54 Å². The standard InChI is InChI=1S/C19H19N5O3S2/c1-2-7-24(10-14-20-13-6-9-29-17(13)18(26)21-14)16(25)4-3-15-22-23-19(27-15)12-5-8-28-11-12/h5-6,8-9,11H,2-4,7,10H2,1H3,(H,20,21,26). The Morgan fingerprint density at radius 1 is 1.28 bits per heavy atom. The van der Waals surface area contributed by atoms with Crippen molar-refractivity contribution < 1.29 is 9.21 Å². The number of thiophene rings is 2. The highest BCUT2D eigenvalue weighted by atomic mass is 32.1. The van der Waals surface area contributed by atoms with E-state index in [1.54, 1.807) is 16.2 Å². The van der Waals surface area contributed by atoms with E-state index in [2.05, 4.69) is 20.2 Å². The van der Waals surface area contributed by atoms with E-state index >= 15 is 0 Å².